The molecule has 0 saturated carbocycles. The largest absolute Gasteiger partial charge is 0.507 e. The molecule has 1 fully saturated rings. The summed E-state index contributed by atoms with van der Waals surface area (Å²) in [5.74, 6) is -1.80. The molecule has 2 aromatic carbocycles. The van der Waals surface area contributed by atoms with Gasteiger partial charge in [-0.25, -0.2) is 4.39 Å². The Labute approximate surface area is 187 Å². The first-order chi connectivity index (χ1) is 15.4. The smallest absolute Gasteiger partial charge is 0.295 e. The van der Waals surface area contributed by atoms with Crippen molar-refractivity contribution in [2.24, 2.45) is 0 Å². The summed E-state index contributed by atoms with van der Waals surface area (Å²) < 4.78 is 20.2. The third-order valence-electron chi connectivity index (χ3n) is 5.73. The first kappa shape index (κ1) is 23.5. The minimum atomic E-state index is -1.00. The summed E-state index contributed by atoms with van der Waals surface area (Å²) in [6.45, 7) is 8.74. The third-order valence-corrected chi connectivity index (χ3v) is 5.73. The molecular weight excluding hydrogens is 411 g/mol. The highest BCUT2D eigenvalue weighted by Crippen LogP contribution is 2.40. The Morgan fingerprint density at radius 2 is 1.72 bits per heavy atom. The molecule has 0 radical (unpaired) electrons. The number of rotatable bonds is 9. The Hall–Kier alpha value is -3.19. The van der Waals surface area contributed by atoms with Crippen LogP contribution in [0.15, 0.2) is 54.1 Å². The minimum absolute atomic E-state index is 0.108. The molecule has 32 heavy (non-hydrogen) atoms. The van der Waals surface area contributed by atoms with Gasteiger partial charge in [0.2, 0.25) is 0 Å². The van der Waals surface area contributed by atoms with Crippen LogP contribution in [0.3, 0.4) is 0 Å². The Balaban J connectivity index is 2.08. The van der Waals surface area contributed by atoms with Crippen molar-refractivity contribution >= 4 is 17.4 Å². The molecule has 7 heteroatoms. The van der Waals surface area contributed by atoms with Crippen molar-refractivity contribution in [2.75, 3.05) is 32.8 Å². The maximum atomic E-state index is 14.8. The molecule has 0 spiro atoms. The maximum Gasteiger partial charge on any atom is 0.295 e. The highest BCUT2D eigenvalue weighted by molar-refractivity contribution is 6.46. The maximum absolute atomic E-state index is 14.8. The molecule has 2 aromatic rings. The van der Waals surface area contributed by atoms with E-state index in [2.05, 4.69) is 4.90 Å². The number of aliphatic hydroxyl groups excluding tert-OH is 1. The number of halogens is 1. The number of carbonyl (C=O) groups is 2. The van der Waals surface area contributed by atoms with E-state index in [1.165, 1.54) is 11.0 Å². The van der Waals surface area contributed by atoms with Crippen molar-refractivity contribution in [1.82, 2.24) is 9.80 Å². The summed E-state index contributed by atoms with van der Waals surface area (Å²) in [5, 5.41) is 11.0. The van der Waals surface area contributed by atoms with Crippen LogP contribution in [0.2, 0.25) is 0 Å². The zero-order valence-electron chi connectivity index (χ0n) is 18.7. The van der Waals surface area contributed by atoms with Crippen molar-refractivity contribution in [1.29, 1.82) is 0 Å². The predicted octanol–water partition coefficient (Wildman–Crippen LogP) is 3.99. The van der Waals surface area contributed by atoms with E-state index in [-0.39, 0.29) is 23.4 Å². The van der Waals surface area contributed by atoms with Gasteiger partial charge in [-0.05, 0) is 50.3 Å². The number of hydrogen-bond donors (Lipinski definition) is 1. The number of carbonyl (C=O) groups excluding carboxylic acids is 2. The van der Waals surface area contributed by atoms with Gasteiger partial charge in [0, 0.05) is 24.2 Å². The number of ketones is 1. The van der Waals surface area contributed by atoms with Gasteiger partial charge >= 0.3 is 0 Å². The van der Waals surface area contributed by atoms with Gasteiger partial charge in [0.1, 0.15) is 17.3 Å². The van der Waals surface area contributed by atoms with Crippen molar-refractivity contribution in [3.63, 3.8) is 0 Å². The minimum Gasteiger partial charge on any atom is -0.507 e. The van der Waals surface area contributed by atoms with Crippen LogP contribution in [0.4, 0.5) is 4.39 Å². The highest BCUT2D eigenvalue weighted by Gasteiger charge is 2.46. The molecule has 170 valence electrons. The number of hydrogen-bond acceptors (Lipinski definition) is 5. The molecule has 1 atom stereocenters. The fourth-order valence-electron chi connectivity index (χ4n) is 3.95. The number of likely N-dealkylation sites (tertiary alicyclic amines) is 1. The molecule has 0 aliphatic carbocycles. The van der Waals surface area contributed by atoms with Crippen LogP contribution in [0.5, 0.6) is 5.75 Å². The fourth-order valence-corrected chi connectivity index (χ4v) is 3.95. The number of amides is 1. The van der Waals surface area contributed by atoms with E-state index in [9.17, 15) is 19.1 Å². The summed E-state index contributed by atoms with van der Waals surface area (Å²) >= 11 is 0. The van der Waals surface area contributed by atoms with Crippen LogP contribution in [0.25, 0.3) is 5.76 Å². The quantitative estimate of drug-likeness (QED) is 0.363. The van der Waals surface area contributed by atoms with Gasteiger partial charge in [0.25, 0.3) is 11.7 Å². The van der Waals surface area contributed by atoms with Crippen LogP contribution < -0.4 is 4.74 Å². The van der Waals surface area contributed by atoms with E-state index in [4.69, 9.17) is 4.74 Å². The molecule has 1 N–H and O–H groups in total. The molecule has 1 heterocycles. The topological polar surface area (TPSA) is 70.1 Å². The van der Waals surface area contributed by atoms with Gasteiger partial charge < -0.3 is 19.6 Å². The van der Waals surface area contributed by atoms with E-state index < -0.39 is 23.5 Å². The van der Waals surface area contributed by atoms with Gasteiger partial charge in [-0.3, -0.25) is 9.59 Å². The lowest BCUT2D eigenvalue weighted by molar-refractivity contribution is -0.140. The fraction of sp³-hybridized carbons (Fsp3) is 0.360. The summed E-state index contributed by atoms with van der Waals surface area (Å²) in [4.78, 5) is 29.4. The van der Waals surface area contributed by atoms with E-state index in [1.807, 2.05) is 20.8 Å². The second kappa shape index (κ2) is 10.4. The second-order valence-electron chi connectivity index (χ2n) is 7.50. The number of ether oxygens (including phenoxy) is 1. The molecule has 0 bridgehead atoms. The van der Waals surface area contributed by atoms with E-state index in [0.29, 0.717) is 24.5 Å². The summed E-state index contributed by atoms with van der Waals surface area (Å²) in [7, 11) is 0. The van der Waals surface area contributed by atoms with Gasteiger partial charge in [-0.1, -0.05) is 32.0 Å². The normalized spacial score (nSPS) is 17.9. The number of aliphatic hydroxyl groups is 1. The zero-order chi connectivity index (χ0) is 23.3. The van der Waals surface area contributed by atoms with Crippen LogP contribution in [-0.2, 0) is 9.59 Å². The first-order valence-corrected chi connectivity index (χ1v) is 10.9. The first-order valence-electron chi connectivity index (χ1n) is 10.9. The number of benzene rings is 2. The summed E-state index contributed by atoms with van der Waals surface area (Å²) in [6, 6.07) is 11.6. The Kier molecular flexibility index (Phi) is 7.64. The molecule has 1 amide bonds. The van der Waals surface area contributed by atoms with Crippen LogP contribution in [0, 0.1) is 5.82 Å². The Morgan fingerprint density at radius 1 is 1.06 bits per heavy atom. The monoisotopic (exact) mass is 440 g/mol. The predicted molar refractivity (Wildman–Crippen MR) is 121 cm³/mol. The van der Waals surface area contributed by atoms with Crippen molar-refractivity contribution in [2.45, 2.75) is 26.8 Å². The van der Waals surface area contributed by atoms with Gasteiger partial charge in [0.15, 0.2) is 0 Å². The average molecular weight is 441 g/mol. The van der Waals surface area contributed by atoms with Crippen molar-refractivity contribution in [3.8, 4) is 5.75 Å². The van der Waals surface area contributed by atoms with Crippen molar-refractivity contribution < 1.29 is 23.8 Å². The van der Waals surface area contributed by atoms with Crippen LogP contribution in [0.1, 0.15) is 37.9 Å². The molecule has 1 saturated heterocycles. The SMILES string of the molecule is CCOc1ccc(C(O)=C2C(=O)C(=O)N(CCN(CC)CC)[C@@H]2c2ccccc2F)cc1. The average Bonchev–Trinajstić information content (AvgIpc) is 3.05. The summed E-state index contributed by atoms with van der Waals surface area (Å²) in [6.07, 6.45) is 0. The molecule has 0 aromatic heterocycles. The molecule has 1 aliphatic heterocycles. The lowest BCUT2D eigenvalue weighted by atomic mass is 9.95. The Morgan fingerprint density at radius 3 is 2.31 bits per heavy atom. The van der Waals surface area contributed by atoms with Gasteiger partial charge in [-0.15, -0.1) is 0 Å². The van der Waals surface area contributed by atoms with E-state index in [1.54, 1.807) is 42.5 Å². The lowest BCUT2D eigenvalue weighted by Gasteiger charge is -2.28. The third kappa shape index (κ3) is 4.67. The molecule has 3 rings (SSSR count). The lowest BCUT2D eigenvalue weighted by Crippen LogP contribution is -2.38. The van der Waals surface area contributed by atoms with Gasteiger partial charge in [-0.2, -0.15) is 0 Å². The standard InChI is InChI=1S/C25H29FN2O4/c1-4-27(5-2)15-16-28-22(19-9-7-8-10-20(19)26)21(24(30)25(28)31)23(29)17-11-13-18(14-12-17)32-6-3/h7-14,22,29H,4-6,15-16H2,1-3H3/t22-/m1/s1. The van der Waals surface area contributed by atoms with E-state index >= 15 is 0 Å². The van der Waals surface area contributed by atoms with Gasteiger partial charge in [0.05, 0.1) is 18.2 Å². The van der Waals surface area contributed by atoms with Crippen molar-refractivity contribution in [3.05, 3.63) is 71.0 Å². The number of likely N-dealkylation sites (N-methyl/N-ethyl adjacent to an activating group) is 1. The van der Waals surface area contributed by atoms with Crippen LogP contribution >= 0.6 is 0 Å². The molecule has 6 nitrogen and oxygen atoms in total. The Bertz CT molecular complexity index is 999. The summed E-state index contributed by atoms with van der Waals surface area (Å²) in [5.41, 5.74) is 0.430. The highest BCUT2D eigenvalue weighted by atomic mass is 19.1. The zero-order valence-corrected chi connectivity index (χ0v) is 18.7. The second-order valence-corrected chi connectivity index (χ2v) is 7.50. The van der Waals surface area contributed by atoms with E-state index in [0.717, 1.165) is 13.1 Å². The number of nitrogens with zero attached hydrogens (tertiary/aromatic N) is 2. The van der Waals surface area contributed by atoms with Crippen LogP contribution in [-0.4, -0.2) is 59.4 Å². The molecule has 1 aliphatic rings. The molecular formula is C25H29FN2O4. The molecule has 0 unspecified atom stereocenters. The number of Topliss-reactive ketones (excluding diaryl/α,β-unsaturated/α-hetero) is 1.